The van der Waals surface area contributed by atoms with Gasteiger partial charge in [-0.05, 0) is 33.7 Å². The fraction of sp³-hybridized carbons (Fsp3) is 0.917. The van der Waals surface area contributed by atoms with Gasteiger partial charge in [-0.25, -0.2) is 4.79 Å². The largest absolute Gasteiger partial charge is 0.444 e. The van der Waals surface area contributed by atoms with Crippen molar-refractivity contribution in [2.75, 3.05) is 20.1 Å². The third-order valence-electron chi connectivity index (χ3n) is 3.67. The second-order valence-corrected chi connectivity index (χ2v) is 6.07. The van der Waals surface area contributed by atoms with Gasteiger partial charge in [0.2, 0.25) is 0 Å². The van der Waals surface area contributed by atoms with Crippen LogP contribution in [0.5, 0.6) is 0 Å². The molecule has 2 bridgehead atoms. The number of hydrogen-bond donors (Lipinski definition) is 0. The fourth-order valence-electron chi connectivity index (χ4n) is 2.81. The molecular formula is C12H22N2O2. The zero-order valence-electron chi connectivity index (χ0n) is 10.9. The molecule has 2 fully saturated rings. The Morgan fingerprint density at radius 2 is 1.88 bits per heavy atom. The first-order chi connectivity index (χ1) is 7.29. The van der Waals surface area contributed by atoms with Crippen LogP contribution in [-0.4, -0.2) is 53.7 Å². The molecule has 0 aliphatic carbocycles. The molecule has 2 rings (SSSR count). The minimum atomic E-state index is -0.395. The lowest BCUT2D eigenvalue weighted by atomic mass is 10.0. The first-order valence-corrected chi connectivity index (χ1v) is 5.99. The maximum absolute atomic E-state index is 12.0. The van der Waals surface area contributed by atoms with E-state index in [0.29, 0.717) is 18.0 Å². The predicted octanol–water partition coefficient (Wildman–Crippen LogP) is 1.56. The summed E-state index contributed by atoms with van der Waals surface area (Å²) < 4.78 is 5.43. The molecule has 92 valence electrons. The standard InChI is InChI=1S/C12H22N2O2/c1-8-9-7-14(10(8)6-13(9)5)11(15)16-12(2,3)4/h8-10H,6-7H2,1-5H3. The fourth-order valence-corrected chi connectivity index (χ4v) is 2.81. The Balaban J connectivity index is 2.01. The molecule has 0 aromatic carbocycles. The van der Waals surface area contributed by atoms with Gasteiger partial charge in [0.1, 0.15) is 5.60 Å². The van der Waals surface area contributed by atoms with Gasteiger partial charge >= 0.3 is 6.09 Å². The van der Waals surface area contributed by atoms with E-state index < -0.39 is 5.60 Å². The van der Waals surface area contributed by atoms with E-state index in [4.69, 9.17) is 4.74 Å². The van der Waals surface area contributed by atoms with Gasteiger partial charge in [0.15, 0.2) is 0 Å². The summed E-state index contributed by atoms with van der Waals surface area (Å²) >= 11 is 0. The number of fused-ring (bicyclic) bond motifs is 2. The molecule has 2 aliphatic heterocycles. The van der Waals surface area contributed by atoms with Gasteiger partial charge in [0, 0.05) is 19.1 Å². The topological polar surface area (TPSA) is 32.8 Å². The molecule has 2 aliphatic rings. The lowest BCUT2D eigenvalue weighted by Gasteiger charge is -2.33. The van der Waals surface area contributed by atoms with Crippen molar-refractivity contribution in [2.45, 2.75) is 45.4 Å². The van der Waals surface area contributed by atoms with Crippen molar-refractivity contribution in [1.82, 2.24) is 9.80 Å². The Hall–Kier alpha value is -0.770. The van der Waals surface area contributed by atoms with E-state index >= 15 is 0 Å². The first-order valence-electron chi connectivity index (χ1n) is 5.99. The summed E-state index contributed by atoms with van der Waals surface area (Å²) in [5, 5.41) is 0. The highest BCUT2D eigenvalue weighted by Crippen LogP contribution is 2.35. The Bertz CT molecular complexity index is 298. The summed E-state index contributed by atoms with van der Waals surface area (Å²) in [7, 11) is 2.13. The molecular weight excluding hydrogens is 204 g/mol. The summed E-state index contributed by atoms with van der Waals surface area (Å²) in [4.78, 5) is 16.2. The van der Waals surface area contributed by atoms with Crippen molar-refractivity contribution in [3.05, 3.63) is 0 Å². The number of likely N-dealkylation sites (tertiary alicyclic amines) is 2. The van der Waals surface area contributed by atoms with Gasteiger partial charge in [-0.15, -0.1) is 0 Å². The smallest absolute Gasteiger partial charge is 0.410 e. The molecule has 3 atom stereocenters. The number of amides is 1. The molecule has 16 heavy (non-hydrogen) atoms. The minimum Gasteiger partial charge on any atom is -0.444 e. The van der Waals surface area contributed by atoms with E-state index in [1.165, 1.54) is 0 Å². The van der Waals surface area contributed by atoms with E-state index in [0.717, 1.165) is 13.1 Å². The maximum Gasteiger partial charge on any atom is 0.410 e. The molecule has 2 saturated heterocycles. The van der Waals surface area contributed by atoms with Crippen molar-refractivity contribution in [3.8, 4) is 0 Å². The maximum atomic E-state index is 12.0. The zero-order chi connectivity index (χ0) is 12.1. The van der Waals surface area contributed by atoms with Crippen molar-refractivity contribution in [2.24, 2.45) is 5.92 Å². The third-order valence-corrected chi connectivity index (χ3v) is 3.67. The van der Waals surface area contributed by atoms with Crippen LogP contribution in [0, 0.1) is 5.92 Å². The van der Waals surface area contributed by atoms with Crippen LogP contribution in [-0.2, 0) is 4.74 Å². The second kappa shape index (κ2) is 3.62. The molecule has 2 heterocycles. The van der Waals surface area contributed by atoms with Crippen LogP contribution in [0.3, 0.4) is 0 Å². The van der Waals surface area contributed by atoms with Gasteiger partial charge in [-0.2, -0.15) is 0 Å². The highest BCUT2D eigenvalue weighted by Gasteiger charge is 2.50. The number of nitrogens with zero attached hydrogens (tertiary/aromatic N) is 2. The number of rotatable bonds is 0. The van der Waals surface area contributed by atoms with Crippen LogP contribution in [0.25, 0.3) is 0 Å². The van der Waals surface area contributed by atoms with E-state index in [9.17, 15) is 4.79 Å². The van der Waals surface area contributed by atoms with Gasteiger partial charge < -0.3 is 9.64 Å². The molecule has 0 aromatic rings. The van der Waals surface area contributed by atoms with Crippen LogP contribution in [0.4, 0.5) is 4.79 Å². The van der Waals surface area contributed by atoms with E-state index in [2.05, 4.69) is 18.9 Å². The van der Waals surface area contributed by atoms with Gasteiger partial charge in [-0.1, -0.05) is 6.92 Å². The average molecular weight is 226 g/mol. The van der Waals surface area contributed by atoms with Crippen molar-refractivity contribution >= 4 is 6.09 Å². The lowest BCUT2D eigenvalue weighted by Crippen LogP contribution is -2.48. The van der Waals surface area contributed by atoms with E-state index in [1.54, 1.807) is 0 Å². The van der Waals surface area contributed by atoms with Crippen molar-refractivity contribution in [3.63, 3.8) is 0 Å². The average Bonchev–Trinajstić information content (AvgIpc) is 2.55. The number of carbonyl (C=O) groups is 1. The Morgan fingerprint density at radius 1 is 1.25 bits per heavy atom. The first kappa shape index (κ1) is 11.7. The van der Waals surface area contributed by atoms with Crippen LogP contribution in [0.2, 0.25) is 0 Å². The third kappa shape index (κ3) is 1.90. The van der Waals surface area contributed by atoms with E-state index in [-0.39, 0.29) is 6.09 Å². The molecule has 0 aromatic heterocycles. The molecule has 0 radical (unpaired) electrons. The monoisotopic (exact) mass is 226 g/mol. The molecule has 0 N–H and O–H groups in total. The van der Waals surface area contributed by atoms with Crippen LogP contribution in [0.1, 0.15) is 27.7 Å². The second-order valence-electron chi connectivity index (χ2n) is 6.07. The van der Waals surface area contributed by atoms with Crippen molar-refractivity contribution in [1.29, 1.82) is 0 Å². The molecule has 3 unspecified atom stereocenters. The predicted molar refractivity (Wildman–Crippen MR) is 62.3 cm³/mol. The number of hydrogen-bond acceptors (Lipinski definition) is 3. The van der Waals surface area contributed by atoms with Gasteiger partial charge in [0.05, 0.1) is 6.04 Å². The van der Waals surface area contributed by atoms with Crippen LogP contribution in [0.15, 0.2) is 0 Å². The Morgan fingerprint density at radius 3 is 2.25 bits per heavy atom. The zero-order valence-corrected chi connectivity index (χ0v) is 10.9. The molecule has 4 nitrogen and oxygen atoms in total. The lowest BCUT2D eigenvalue weighted by molar-refractivity contribution is 0.0142. The highest BCUT2D eigenvalue weighted by atomic mass is 16.6. The SMILES string of the molecule is CC1C2CN(C(=O)OC(C)(C)C)C1CN2C. The summed E-state index contributed by atoms with van der Waals surface area (Å²) in [6.07, 6.45) is -0.153. The van der Waals surface area contributed by atoms with E-state index in [1.807, 2.05) is 25.7 Å². The number of likely N-dealkylation sites (N-methyl/N-ethyl adjacent to an activating group) is 1. The number of carbonyl (C=O) groups excluding carboxylic acids is 1. The Kier molecular flexibility index (Phi) is 2.65. The number of ether oxygens (including phenoxy) is 1. The Labute approximate surface area is 97.5 Å². The minimum absolute atomic E-state index is 0.153. The summed E-state index contributed by atoms with van der Waals surface area (Å²) in [5.41, 5.74) is -0.395. The molecule has 0 spiro atoms. The van der Waals surface area contributed by atoms with Crippen molar-refractivity contribution < 1.29 is 9.53 Å². The van der Waals surface area contributed by atoms with Crippen LogP contribution < -0.4 is 0 Å². The molecule has 4 heteroatoms. The number of piperazine rings is 1. The summed E-state index contributed by atoms with van der Waals surface area (Å²) in [6.45, 7) is 9.75. The van der Waals surface area contributed by atoms with Gasteiger partial charge in [-0.3, -0.25) is 4.90 Å². The normalized spacial score (nSPS) is 34.6. The molecule has 0 saturated carbocycles. The van der Waals surface area contributed by atoms with Gasteiger partial charge in [0.25, 0.3) is 0 Å². The highest BCUT2D eigenvalue weighted by molar-refractivity contribution is 5.69. The molecule has 1 amide bonds. The summed E-state index contributed by atoms with van der Waals surface area (Å²) in [5.74, 6) is 0.567. The summed E-state index contributed by atoms with van der Waals surface area (Å²) in [6, 6.07) is 0.849. The van der Waals surface area contributed by atoms with Crippen LogP contribution >= 0.6 is 0 Å². The quantitative estimate of drug-likeness (QED) is 0.628.